The van der Waals surface area contributed by atoms with Crippen LogP contribution in [0.15, 0.2) is 36.4 Å². The molecule has 3 rings (SSSR count). The molecule has 1 atom stereocenters. The Labute approximate surface area is 179 Å². The third-order valence-electron chi connectivity index (χ3n) is 4.72. The minimum Gasteiger partial charge on any atom is -0.496 e. The number of aryl methyl sites for hydroxylation is 1. The minimum atomic E-state index is -3.66. The van der Waals surface area contributed by atoms with Crippen molar-refractivity contribution in [2.45, 2.75) is 19.9 Å². The molecule has 9 heteroatoms. The summed E-state index contributed by atoms with van der Waals surface area (Å²) in [5, 5.41) is 2.52. The fourth-order valence-electron chi connectivity index (χ4n) is 3.48. The third kappa shape index (κ3) is 4.06. The predicted octanol–water partition coefficient (Wildman–Crippen LogP) is 2.34. The van der Waals surface area contributed by atoms with Gasteiger partial charge in [0.15, 0.2) is 0 Å². The Bertz CT molecular complexity index is 1260. The van der Waals surface area contributed by atoms with E-state index in [0.717, 1.165) is 11.2 Å². The first-order valence-electron chi connectivity index (χ1n) is 10.4. The third-order valence-corrected chi connectivity index (χ3v) is 5.64. The van der Waals surface area contributed by atoms with Gasteiger partial charge >= 0.3 is 0 Å². The van der Waals surface area contributed by atoms with Crippen molar-refractivity contribution < 1.29 is 31.7 Å². The average Bonchev–Trinajstić information content (AvgIpc) is 2.91. The van der Waals surface area contributed by atoms with Crippen LogP contribution in [0.2, 0.25) is 0 Å². The predicted molar refractivity (Wildman–Crippen MR) is 111 cm³/mol. The number of imide groups is 1. The second-order valence-electron chi connectivity index (χ2n) is 7.12. The van der Waals surface area contributed by atoms with Gasteiger partial charge in [-0.1, -0.05) is 18.2 Å². The van der Waals surface area contributed by atoms with Crippen molar-refractivity contribution in [2.24, 2.45) is 0 Å². The number of benzene rings is 2. The molecule has 0 spiro atoms. The number of anilines is 1. The number of sulfone groups is 1. The van der Waals surface area contributed by atoms with Crippen LogP contribution < -0.4 is 10.1 Å². The number of nitrogens with one attached hydrogen (secondary N) is 1. The van der Waals surface area contributed by atoms with Gasteiger partial charge in [-0.05, 0) is 36.2 Å². The van der Waals surface area contributed by atoms with Crippen LogP contribution in [-0.4, -0.2) is 50.1 Å². The molecule has 0 unspecified atom stereocenters. The Hall–Kier alpha value is -3.20. The first kappa shape index (κ1) is 17.6. The standard InChI is InChI=1S/C21H22N2O6S/c1-12-10-14(8-9-18(12)29-3)17(11-30(4,27)28)23-20(25)15-6-5-7-16(22-13(2)24)19(15)21(23)26/h5-10,17H,11H2,1-4H3,(H,22,24)/t17-/m1/s1/i3D3. The summed E-state index contributed by atoms with van der Waals surface area (Å²) in [6.45, 7) is 2.83. The number of carbonyl (C=O) groups is 3. The van der Waals surface area contributed by atoms with Gasteiger partial charge in [0, 0.05) is 13.2 Å². The van der Waals surface area contributed by atoms with E-state index in [1.165, 1.54) is 43.3 Å². The van der Waals surface area contributed by atoms with Crippen molar-refractivity contribution in [1.82, 2.24) is 4.90 Å². The van der Waals surface area contributed by atoms with E-state index in [4.69, 9.17) is 8.85 Å². The van der Waals surface area contributed by atoms with Crippen LogP contribution in [0.3, 0.4) is 0 Å². The summed E-state index contributed by atoms with van der Waals surface area (Å²) in [5.74, 6) is -2.36. The fraction of sp³-hybridized carbons (Fsp3) is 0.286. The molecule has 1 N–H and O–H groups in total. The molecule has 0 radical (unpaired) electrons. The van der Waals surface area contributed by atoms with Gasteiger partial charge in [0.05, 0.1) is 39.8 Å². The van der Waals surface area contributed by atoms with Gasteiger partial charge in [0.1, 0.15) is 15.6 Å². The lowest BCUT2D eigenvalue weighted by Crippen LogP contribution is -2.37. The van der Waals surface area contributed by atoms with E-state index >= 15 is 0 Å². The van der Waals surface area contributed by atoms with Crippen LogP contribution in [0.1, 0.15) is 48.9 Å². The Morgan fingerprint density at radius 2 is 1.97 bits per heavy atom. The van der Waals surface area contributed by atoms with E-state index in [0.29, 0.717) is 11.1 Å². The van der Waals surface area contributed by atoms with Crippen molar-refractivity contribution in [3.8, 4) is 5.75 Å². The number of methoxy groups -OCH3 is 1. The van der Waals surface area contributed by atoms with Crippen molar-refractivity contribution >= 4 is 33.2 Å². The van der Waals surface area contributed by atoms with Crippen molar-refractivity contribution in [2.75, 3.05) is 24.4 Å². The van der Waals surface area contributed by atoms with E-state index in [2.05, 4.69) is 5.32 Å². The van der Waals surface area contributed by atoms with Gasteiger partial charge < -0.3 is 10.1 Å². The molecule has 0 bridgehead atoms. The normalized spacial score (nSPS) is 16.4. The molecule has 158 valence electrons. The maximum absolute atomic E-state index is 13.3. The lowest BCUT2D eigenvalue weighted by molar-refractivity contribution is -0.114. The maximum Gasteiger partial charge on any atom is 0.264 e. The summed E-state index contributed by atoms with van der Waals surface area (Å²) in [7, 11) is -6.34. The Morgan fingerprint density at radius 1 is 1.23 bits per heavy atom. The number of hydrogen-bond acceptors (Lipinski definition) is 6. The Morgan fingerprint density at radius 3 is 2.57 bits per heavy atom. The monoisotopic (exact) mass is 433 g/mol. The van der Waals surface area contributed by atoms with Crippen LogP contribution in [0, 0.1) is 6.92 Å². The summed E-state index contributed by atoms with van der Waals surface area (Å²) >= 11 is 0. The van der Waals surface area contributed by atoms with Gasteiger partial charge in [0.25, 0.3) is 11.8 Å². The van der Waals surface area contributed by atoms with Crippen LogP contribution in [0.25, 0.3) is 0 Å². The molecule has 3 amide bonds. The van der Waals surface area contributed by atoms with Gasteiger partial charge in [-0.2, -0.15) is 0 Å². The van der Waals surface area contributed by atoms with Crippen LogP contribution in [0.4, 0.5) is 5.69 Å². The van der Waals surface area contributed by atoms with Crippen LogP contribution in [0.5, 0.6) is 5.75 Å². The minimum absolute atomic E-state index is 0.0183. The summed E-state index contributed by atoms with van der Waals surface area (Å²) in [6.07, 6.45) is 0.986. The van der Waals surface area contributed by atoms with Gasteiger partial charge in [-0.25, -0.2) is 8.42 Å². The van der Waals surface area contributed by atoms with Crippen LogP contribution in [-0.2, 0) is 14.6 Å². The topological polar surface area (TPSA) is 110 Å². The maximum atomic E-state index is 13.3. The smallest absolute Gasteiger partial charge is 0.264 e. The SMILES string of the molecule is [2H]C([2H])([2H])Oc1ccc([C@@H](CS(C)(=O)=O)N2C(=O)c3cccc(NC(C)=O)c3C2=O)cc1C. The lowest BCUT2D eigenvalue weighted by Gasteiger charge is -2.26. The van der Waals surface area contributed by atoms with Gasteiger partial charge in [-0.15, -0.1) is 0 Å². The number of amides is 3. The Kier molecular flexibility index (Phi) is 4.65. The number of nitrogens with zero attached hydrogens (tertiary/aromatic N) is 1. The molecule has 0 aromatic heterocycles. The summed E-state index contributed by atoms with van der Waals surface area (Å²) < 4.78 is 51.1. The average molecular weight is 434 g/mol. The first-order chi connectivity index (χ1) is 15.2. The molecule has 0 fully saturated rings. The molecular weight excluding hydrogens is 408 g/mol. The zero-order valence-corrected chi connectivity index (χ0v) is 17.4. The van der Waals surface area contributed by atoms with E-state index in [1.807, 2.05) is 0 Å². The zero-order chi connectivity index (χ0) is 24.7. The molecule has 30 heavy (non-hydrogen) atoms. The molecule has 8 nitrogen and oxygen atoms in total. The highest BCUT2D eigenvalue weighted by Crippen LogP contribution is 2.36. The number of hydrogen-bond donors (Lipinski definition) is 1. The first-order valence-corrected chi connectivity index (χ1v) is 11.0. The second-order valence-corrected chi connectivity index (χ2v) is 9.31. The highest BCUT2D eigenvalue weighted by Gasteiger charge is 2.43. The van der Waals surface area contributed by atoms with Gasteiger partial charge in [-0.3, -0.25) is 19.3 Å². The molecule has 1 heterocycles. The number of carbonyl (C=O) groups excluding carboxylic acids is 3. The summed E-state index contributed by atoms with van der Waals surface area (Å²) in [5.41, 5.74) is 0.875. The highest BCUT2D eigenvalue weighted by molar-refractivity contribution is 7.90. The Balaban J connectivity index is 2.09. The highest BCUT2D eigenvalue weighted by atomic mass is 32.2. The van der Waals surface area contributed by atoms with E-state index in [1.54, 1.807) is 6.92 Å². The molecule has 0 saturated carbocycles. The molecule has 1 aliphatic heterocycles. The van der Waals surface area contributed by atoms with Crippen molar-refractivity contribution in [1.29, 1.82) is 0 Å². The van der Waals surface area contributed by atoms with Crippen LogP contribution >= 0.6 is 0 Å². The van der Waals surface area contributed by atoms with Gasteiger partial charge in [0.2, 0.25) is 5.91 Å². The summed E-state index contributed by atoms with van der Waals surface area (Å²) in [6, 6.07) is 7.49. The van der Waals surface area contributed by atoms with E-state index in [-0.39, 0.29) is 22.6 Å². The fourth-order valence-corrected chi connectivity index (χ4v) is 4.40. The van der Waals surface area contributed by atoms with Crippen molar-refractivity contribution in [3.63, 3.8) is 0 Å². The number of ether oxygens (including phenoxy) is 1. The molecule has 1 aliphatic rings. The number of rotatable bonds is 6. The molecule has 0 aliphatic carbocycles. The van der Waals surface area contributed by atoms with E-state index < -0.39 is 46.4 Å². The number of fused-ring (bicyclic) bond motifs is 1. The lowest BCUT2D eigenvalue weighted by atomic mass is 10.0. The second kappa shape index (κ2) is 7.91. The molecular formula is C21H22N2O6S. The zero-order valence-electron chi connectivity index (χ0n) is 19.6. The molecule has 2 aromatic rings. The quantitative estimate of drug-likeness (QED) is 0.701. The molecule has 2 aromatic carbocycles. The van der Waals surface area contributed by atoms with E-state index in [9.17, 15) is 22.8 Å². The molecule has 0 saturated heterocycles. The summed E-state index contributed by atoms with van der Waals surface area (Å²) in [4.78, 5) is 38.9. The largest absolute Gasteiger partial charge is 0.496 e. The van der Waals surface area contributed by atoms with Crippen molar-refractivity contribution in [3.05, 3.63) is 58.7 Å².